The summed E-state index contributed by atoms with van der Waals surface area (Å²) < 4.78 is 0.845. The molecule has 3 N–H and O–H groups in total. The predicted octanol–water partition coefficient (Wildman–Crippen LogP) is 5.01. The van der Waals surface area contributed by atoms with Crippen molar-refractivity contribution in [2.45, 2.75) is 58.1 Å². The number of nitrogens with zero attached hydrogens (tertiary/aromatic N) is 3. The van der Waals surface area contributed by atoms with Crippen LogP contribution in [0.2, 0.25) is 0 Å². The SMILES string of the molecule is Cc1cnc(Nc2ccc(Br)c(C(C)(C)O)c2)nc1NC1CCCCC1C#N. The molecule has 0 saturated heterocycles. The number of nitriles is 1. The van der Waals surface area contributed by atoms with E-state index in [1.165, 1.54) is 0 Å². The Hall–Kier alpha value is -2.17. The van der Waals surface area contributed by atoms with Crippen LogP contribution in [-0.4, -0.2) is 21.1 Å². The number of aromatic nitrogens is 2. The lowest BCUT2D eigenvalue weighted by atomic mass is 9.85. The zero-order chi connectivity index (χ0) is 20.3. The van der Waals surface area contributed by atoms with Crippen LogP contribution >= 0.6 is 15.9 Å². The van der Waals surface area contributed by atoms with Crippen molar-refractivity contribution in [2.75, 3.05) is 10.6 Å². The number of hydrogen-bond donors (Lipinski definition) is 3. The second kappa shape index (κ2) is 8.46. The molecule has 28 heavy (non-hydrogen) atoms. The van der Waals surface area contributed by atoms with E-state index >= 15 is 0 Å². The Kier molecular flexibility index (Phi) is 6.21. The molecule has 0 amide bonds. The summed E-state index contributed by atoms with van der Waals surface area (Å²) in [4.78, 5) is 9.01. The van der Waals surface area contributed by atoms with Crippen molar-refractivity contribution in [3.05, 3.63) is 40.0 Å². The highest BCUT2D eigenvalue weighted by Crippen LogP contribution is 2.32. The first kappa shape index (κ1) is 20.6. The second-order valence-corrected chi connectivity index (χ2v) is 8.73. The maximum Gasteiger partial charge on any atom is 0.229 e. The molecule has 1 aromatic heterocycles. The number of rotatable bonds is 5. The molecule has 1 aromatic carbocycles. The predicted molar refractivity (Wildman–Crippen MR) is 114 cm³/mol. The Labute approximate surface area is 174 Å². The van der Waals surface area contributed by atoms with Gasteiger partial charge in [-0.15, -0.1) is 0 Å². The minimum atomic E-state index is -0.968. The van der Waals surface area contributed by atoms with Crippen molar-refractivity contribution in [1.82, 2.24) is 9.97 Å². The molecule has 0 radical (unpaired) electrons. The zero-order valence-corrected chi connectivity index (χ0v) is 18.0. The molecule has 1 saturated carbocycles. The molecular weight excluding hydrogens is 418 g/mol. The third-order valence-corrected chi connectivity index (χ3v) is 5.80. The molecule has 3 rings (SSSR count). The van der Waals surface area contributed by atoms with Gasteiger partial charge in [-0.25, -0.2) is 4.98 Å². The largest absolute Gasteiger partial charge is 0.386 e. The van der Waals surface area contributed by atoms with Gasteiger partial charge >= 0.3 is 0 Å². The third-order valence-electron chi connectivity index (χ3n) is 5.11. The maximum absolute atomic E-state index is 10.3. The normalized spacial score (nSPS) is 19.7. The summed E-state index contributed by atoms with van der Waals surface area (Å²) in [5, 5.41) is 26.4. The summed E-state index contributed by atoms with van der Waals surface area (Å²) in [5.74, 6) is 1.24. The van der Waals surface area contributed by atoms with Crippen LogP contribution < -0.4 is 10.6 Å². The van der Waals surface area contributed by atoms with E-state index in [0.29, 0.717) is 5.95 Å². The number of aliphatic hydroxyl groups is 1. The van der Waals surface area contributed by atoms with Crippen LogP contribution in [-0.2, 0) is 5.60 Å². The fourth-order valence-corrected chi connectivity index (χ4v) is 4.21. The standard InChI is InChI=1S/C21H26BrN5O/c1-13-12-24-20(25-15-8-9-17(22)16(10-15)21(2,3)28)27-19(13)26-18-7-5-4-6-14(18)11-23/h8-10,12,14,18,28H,4-7H2,1-3H3,(H2,24,25,26,27). The molecule has 1 aliphatic carbocycles. The molecule has 1 heterocycles. The molecule has 0 aliphatic heterocycles. The summed E-state index contributed by atoms with van der Waals surface area (Å²) >= 11 is 3.49. The van der Waals surface area contributed by atoms with Crippen molar-refractivity contribution < 1.29 is 5.11 Å². The highest BCUT2D eigenvalue weighted by molar-refractivity contribution is 9.10. The lowest BCUT2D eigenvalue weighted by Gasteiger charge is -2.28. The molecule has 0 bridgehead atoms. The fourth-order valence-electron chi connectivity index (χ4n) is 3.48. The van der Waals surface area contributed by atoms with Crippen LogP contribution in [0, 0.1) is 24.2 Å². The highest BCUT2D eigenvalue weighted by Gasteiger charge is 2.25. The van der Waals surface area contributed by atoms with Gasteiger partial charge in [-0.3, -0.25) is 0 Å². The van der Waals surface area contributed by atoms with Gasteiger partial charge in [0.2, 0.25) is 5.95 Å². The second-order valence-electron chi connectivity index (χ2n) is 7.87. The first-order chi connectivity index (χ1) is 13.3. The molecule has 1 fully saturated rings. The van der Waals surface area contributed by atoms with Crippen LogP contribution in [0.3, 0.4) is 0 Å². The van der Waals surface area contributed by atoms with Crippen LogP contribution in [0.1, 0.15) is 50.7 Å². The third kappa shape index (κ3) is 4.81. The van der Waals surface area contributed by atoms with Crippen molar-refractivity contribution in [2.24, 2.45) is 5.92 Å². The molecule has 6 nitrogen and oxygen atoms in total. The number of aryl methyl sites for hydroxylation is 1. The van der Waals surface area contributed by atoms with Crippen LogP contribution in [0.15, 0.2) is 28.9 Å². The Balaban J connectivity index is 1.81. The first-order valence-electron chi connectivity index (χ1n) is 9.57. The summed E-state index contributed by atoms with van der Waals surface area (Å²) in [7, 11) is 0. The molecule has 0 spiro atoms. The Morgan fingerprint density at radius 2 is 2.04 bits per heavy atom. The number of benzene rings is 1. The summed E-state index contributed by atoms with van der Waals surface area (Å²) in [6.07, 6.45) is 5.93. The summed E-state index contributed by atoms with van der Waals surface area (Å²) in [6, 6.07) is 8.22. The van der Waals surface area contributed by atoms with E-state index in [1.807, 2.05) is 25.1 Å². The van der Waals surface area contributed by atoms with E-state index in [9.17, 15) is 10.4 Å². The Morgan fingerprint density at radius 3 is 2.75 bits per heavy atom. The molecule has 2 aromatic rings. The number of anilines is 3. The highest BCUT2D eigenvalue weighted by atomic mass is 79.9. The van der Waals surface area contributed by atoms with Crippen molar-refractivity contribution in [3.63, 3.8) is 0 Å². The Morgan fingerprint density at radius 1 is 1.29 bits per heavy atom. The van der Waals surface area contributed by atoms with Gasteiger partial charge in [0, 0.05) is 28.0 Å². The zero-order valence-electron chi connectivity index (χ0n) is 16.5. The van der Waals surface area contributed by atoms with Gasteiger partial charge in [-0.2, -0.15) is 10.2 Å². The quantitative estimate of drug-likeness (QED) is 0.600. The maximum atomic E-state index is 10.3. The monoisotopic (exact) mass is 443 g/mol. The topological polar surface area (TPSA) is 93.9 Å². The van der Waals surface area contributed by atoms with Crippen LogP contribution in [0.5, 0.6) is 0 Å². The van der Waals surface area contributed by atoms with E-state index in [1.54, 1.807) is 20.0 Å². The van der Waals surface area contributed by atoms with Crippen molar-refractivity contribution in [1.29, 1.82) is 5.26 Å². The van der Waals surface area contributed by atoms with E-state index < -0.39 is 5.60 Å². The van der Waals surface area contributed by atoms with Gasteiger partial charge in [0.15, 0.2) is 0 Å². The summed E-state index contributed by atoms with van der Waals surface area (Å²) in [5.41, 5.74) is 1.55. The number of nitrogens with one attached hydrogen (secondary N) is 2. The van der Waals surface area contributed by atoms with Gasteiger partial charge in [-0.1, -0.05) is 28.8 Å². The summed E-state index contributed by atoms with van der Waals surface area (Å²) in [6.45, 7) is 5.45. The molecule has 2 atom stereocenters. The van der Waals surface area contributed by atoms with Gasteiger partial charge in [-0.05, 0) is 57.4 Å². The molecule has 7 heteroatoms. The van der Waals surface area contributed by atoms with Crippen molar-refractivity contribution >= 4 is 33.4 Å². The van der Waals surface area contributed by atoms with Gasteiger partial charge in [0.25, 0.3) is 0 Å². The minimum absolute atomic E-state index is 0.0142. The molecule has 148 valence electrons. The van der Waals surface area contributed by atoms with Gasteiger partial charge in [0.05, 0.1) is 17.6 Å². The average molecular weight is 444 g/mol. The first-order valence-corrected chi connectivity index (χ1v) is 10.4. The van der Waals surface area contributed by atoms with E-state index in [-0.39, 0.29) is 12.0 Å². The average Bonchev–Trinajstić information content (AvgIpc) is 2.65. The van der Waals surface area contributed by atoms with Gasteiger partial charge in [0.1, 0.15) is 5.82 Å². The van der Waals surface area contributed by atoms with Gasteiger partial charge < -0.3 is 15.7 Å². The molecule has 1 aliphatic rings. The number of hydrogen-bond acceptors (Lipinski definition) is 6. The minimum Gasteiger partial charge on any atom is -0.386 e. The van der Waals surface area contributed by atoms with E-state index in [4.69, 9.17) is 0 Å². The number of halogens is 1. The smallest absolute Gasteiger partial charge is 0.229 e. The van der Waals surface area contributed by atoms with Crippen molar-refractivity contribution in [3.8, 4) is 6.07 Å². The van der Waals surface area contributed by atoms with E-state index in [2.05, 4.69) is 42.6 Å². The lowest BCUT2D eigenvalue weighted by Crippen LogP contribution is -2.32. The Bertz CT molecular complexity index is 887. The van der Waals surface area contributed by atoms with Crippen LogP contribution in [0.4, 0.5) is 17.5 Å². The van der Waals surface area contributed by atoms with Crippen LogP contribution in [0.25, 0.3) is 0 Å². The molecule has 2 unspecified atom stereocenters. The molecular formula is C21H26BrN5O. The van der Waals surface area contributed by atoms with E-state index in [0.717, 1.165) is 52.8 Å². The lowest BCUT2D eigenvalue weighted by molar-refractivity contribution is 0.0779. The fraction of sp³-hybridized carbons (Fsp3) is 0.476.